The van der Waals surface area contributed by atoms with Gasteiger partial charge in [0.15, 0.2) is 11.6 Å². The minimum Gasteiger partial charge on any atom is -0.494 e. The van der Waals surface area contributed by atoms with Crippen molar-refractivity contribution in [3.63, 3.8) is 0 Å². The summed E-state index contributed by atoms with van der Waals surface area (Å²) in [5, 5.41) is 2.78. The second-order valence-corrected chi connectivity index (χ2v) is 4.07. The van der Waals surface area contributed by atoms with Crippen molar-refractivity contribution in [2.75, 3.05) is 12.4 Å². The van der Waals surface area contributed by atoms with Crippen LogP contribution in [0.1, 0.15) is 10.4 Å². The molecule has 19 heavy (non-hydrogen) atoms. The lowest BCUT2D eigenvalue weighted by atomic mass is 10.2. The molecule has 4 nitrogen and oxygen atoms in total. The van der Waals surface area contributed by atoms with Crippen molar-refractivity contribution in [3.8, 4) is 5.75 Å². The third-order valence-electron chi connectivity index (χ3n) is 2.43. The van der Waals surface area contributed by atoms with Crippen molar-refractivity contribution < 1.29 is 13.9 Å². The zero-order chi connectivity index (χ0) is 13.8. The van der Waals surface area contributed by atoms with Gasteiger partial charge in [0.05, 0.1) is 17.7 Å². The molecular formula is C13H10ClFN2O2. The number of rotatable bonds is 3. The summed E-state index contributed by atoms with van der Waals surface area (Å²) in [6.45, 7) is 0. The van der Waals surface area contributed by atoms with Crippen LogP contribution in [-0.2, 0) is 0 Å². The van der Waals surface area contributed by atoms with Crippen LogP contribution in [0.4, 0.5) is 10.1 Å². The predicted molar refractivity (Wildman–Crippen MR) is 70.2 cm³/mol. The van der Waals surface area contributed by atoms with Gasteiger partial charge in [0, 0.05) is 24.1 Å². The quantitative estimate of drug-likeness (QED) is 0.940. The Labute approximate surface area is 114 Å². The number of hydrogen-bond acceptors (Lipinski definition) is 3. The third kappa shape index (κ3) is 3.00. The number of amides is 1. The number of carbonyl (C=O) groups is 1. The van der Waals surface area contributed by atoms with Gasteiger partial charge in [0.1, 0.15) is 0 Å². The van der Waals surface area contributed by atoms with E-state index in [0.717, 1.165) is 0 Å². The number of nitrogens with zero attached hydrogens (tertiary/aromatic N) is 1. The Hall–Kier alpha value is -2.14. The molecule has 0 aliphatic carbocycles. The van der Waals surface area contributed by atoms with Gasteiger partial charge in [-0.2, -0.15) is 0 Å². The van der Waals surface area contributed by atoms with E-state index in [2.05, 4.69) is 10.3 Å². The van der Waals surface area contributed by atoms with E-state index in [1.807, 2.05) is 0 Å². The first-order valence-corrected chi connectivity index (χ1v) is 5.74. The Kier molecular flexibility index (Phi) is 3.97. The highest BCUT2D eigenvalue weighted by Gasteiger charge is 2.11. The predicted octanol–water partition coefficient (Wildman–Crippen LogP) is 3.14. The van der Waals surface area contributed by atoms with E-state index in [9.17, 15) is 9.18 Å². The Morgan fingerprint density at radius 3 is 2.84 bits per heavy atom. The van der Waals surface area contributed by atoms with Crippen molar-refractivity contribution in [1.29, 1.82) is 0 Å². The van der Waals surface area contributed by atoms with Gasteiger partial charge in [0.2, 0.25) is 0 Å². The Balaban J connectivity index is 2.20. The average molecular weight is 281 g/mol. The van der Waals surface area contributed by atoms with Crippen molar-refractivity contribution in [2.24, 2.45) is 0 Å². The van der Waals surface area contributed by atoms with Crippen LogP contribution in [-0.4, -0.2) is 18.0 Å². The van der Waals surface area contributed by atoms with Crippen molar-refractivity contribution >= 4 is 23.2 Å². The minimum absolute atomic E-state index is 0.111. The van der Waals surface area contributed by atoms with E-state index in [-0.39, 0.29) is 16.3 Å². The van der Waals surface area contributed by atoms with E-state index in [0.29, 0.717) is 5.69 Å². The van der Waals surface area contributed by atoms with Gasteiger partial charge in [-0.05, 0) is 18.2 Å². The lowest BCUT2D eigenvalue weighted by molar-refractivity contribution is 0.102. The maximum Gasteiger partial charge on any atom is 0.257 e. The minimum atomic E-state index is -0.555. The van der Waals surface area contributed by atoms with Crippen LogP contribution in [0.3, 0.4) is 0 Å². The summed E-state index contributed by atoms with van der Waals surface area (Å²) in [4.78, 5) is 15.7. The van der Waals surface area contributed by atoms with Crippen molar-refractivity contribution in [1.82, 2.24) is 4.98 Å². The molecule has 1 amide bonds. The standard InChI is InChI=1S/C13H10ClFN2O2/c1-19-12-3-2-8(6-11(12)15)17-13(18)9-4-5-16-7-10(9)14/h2-7H,1H3,(H,17,18). The van der Waals surface area contributed by atoms with E-state index < -0.39 is 11.7 Å². The second-order valence-electron chi connectivity index (χ2n) is 3.66. The maximum atomic E-state index is 13.5. The fourth-order valence-electron chi connectivity index (χ4n) is 1.50. The van der Waals surface area contributed by atoms with Crippen LogP contribution in [0.2, 0.25) is 5.02 Å². The lowest BCUT2D eigenvalue weighted by Gasteiger charge is -2.08. The molecule has 0 bridgehead atoms. The normalized spacial score (nSPS) is 10.1. The zero-order valence-corrected chi connectivity index (χ0v) is 10.7. The average Bonchev–Trinajstić information content (AvgIpc) is 2.39. The number of methoxy groups -OCH3 is 1. The Morgan fingerprint density at radius 2 is 2.21 bits per heavy atom. The SMILES string of the molecule is COc1ccc(NC(=O)c2ccncc2Cl)cc1F. The Morgan fingerprint density at radius 1 is 1.42 bits per heavy atom. The van der Waals surface area contributed by atoms with Crippen molar-refractivity contribution in [3.05, 3.63) is 53.1 Å². The number of nitrogens with one attached hydrogen (secondary N) is 1. The molecule has 1 aromatic heterocycles. The monoisotopic (exact) mass is 280 g/mol. The molecule has 0 aliphatic heterocycles. The summed E-state index contributed by atoms with van der Waals surface area (Å²) in [5.74, 6) is -0.877. The van der Waals surface area contributed by atoms with Gasteiger partial charge in [-0.3, -0.25) is 9.78 Å². The molecule has 0 spiro atoms. The van der Waals surface area contributed by atoms with Gasteiger partial charge >= 0.3 is 0 Å². The molecule has 0 saturated heterocycles. The number of carbonyl (C=O) groups excluding carboxylic acids is 1. The summed E-state index contributed by atoms with van der Waals surface area (Å²) in [6, 6.07) is 5.62. The highest BCUT2D eigenvalue weighted by molar-refractivity contribution is 6.34. The van der Waals surface area contributed by atoms with Crippen LogP contribution in [0.25, 0.3) is 0 Å². The topological polar surface area (TPSA) is 51.2 Å². The first-order chi connectivity index (χ1) is 9.11. The van der Waals surface area contributed by atoms with Gasteiger partial charge in [-0.15, -0.1) is 0 Å². The van der Waals surface area contributed by atoms with Crippen LogP contribution in [0, 0.1) is 5.82 Å². The second kappa shape index (κ2) is 5.67. The molecule has 1 N–H and O–H groups in total. The number of benzene rings is 1. The van der Waals surface area contributed by atoms with Crippen LogP contribution < -0.4 is 10.1 Å². The number of hydrogen-bond donors (Lipinski definition) is 1. The molecule has 0 radical (unpaired) electrons. The molecule has 6 heteroatoms. The molecule has 1 heterocycles. The summed E-state index contributed by atoms with van der Waals surface area (Å²) >= 11 is 5.85. The molecule has 0 unspecified atom stereocenters. The smallest absolute Gasteiger partial charge is 0.257 e. The molecular weight excluding hydrogens is 271 g/mol. The molecule has 2 rings (SSSR count). The Bertz CT molecular complexity index is 619. The van der Waals surface area contributed by atoms with E-state index in [1.165, 1.54) is 43.8 Å². The van der Waals surface area contributed by atoms with E-state index in [1.54, 1.807) is 0 Å². The molecule has 0 saturated carbocycles. The van der Waals surface area contributed by atoms with Gasteiger partial charge in [-0.1, -0.05) is 11.6 Å². The highest BCUT2D eigenvalue weighted by Crippen LogP contribution is 2.22. The number of anilines is 1. The molecule has 1 aromatic carbocycles. The number of aromatic nitrogens is 1. The van der Waals surface area contributed by atoms with E-state index in [4.69, 9.17) is 16.3 Å². The van der Waals surface area contributed by atoms with Crippen molar-refractivity contribution in [2.45, 2.75) is 0 Å². The summed E-state index contributed by atoms with van der Waals surface area (Å²) in [5.41, 5.74) is 0.587. The largest absolute Gasteiger partial charge is 0.494 e. The fourth-order valence-corrected chi connectivity index (χ4v) is 1.71. The zero-order valence-electron chi connectivity index (χ0n) is 9.98. The van der Waals surface area contributed by atoms with Crippen LogP contribution in [0.5, 0.6) is 5.75 Å². The maximum absolute atomic E-state index is 13.5. The summed E-state index contributed by atoms with van der Waals surface area (Å²) in [6.07, 6.45) is 2.82. The fraction of sp³-hybridized carbons (Fsp3) is 0.0769. The van der Waals surface area contributed by atoms with Gasteiger partial charge < -0.3 is 10.1 Å². The lowest BCUT2D eigenvalue weighted by Crippen LogP contribution is -2.12. The summed E-state index contributed by atoms with van der Waals surface area (Å²) < 4.78 is 18.3. The molecule has 0 atom stereocenters. The van der Waals surface area contributed by atoms with Gasteiger partial charge in [0.25, 0.3) is 5.91 Å². The number of pyridine rings is 1. The van der Waals surface area contributed by atoms with Crippen LogP contribution >= 0.6 is 11.6 Å². The van der Waals surface area contributed by atoms with Gasteiger partial charge in [-0.25, -0.2) is 4.39 Å². The van der Waals surface area contributed by atoms with Crippen LogP contribution in [0.15, 0.2) is 36.7 Å². The molecule has 0 aliphatic rings. The first-order valence-electron chi connectivity index (χ1n) is 5.36. The summed E-state index contributed by atoms with van der Waals surface area (Å²) in [7, 11) is 1.37. The molecule has 2 aromatic rings. The molecule has 98 valence electrons. The highest BCUT2D eigenvalue weighted by atomic mass is 35.5. The molecule has 0 fully saturated rings. The first kappa shape index (κ1) is 13.3. The number of halogens is 2. The third-order valence-corrected chi connectivity index (χ3v) is 2.73. The number of ether oxygens (including phenoxy) is 1. The van der Waals surface area contributed by atoms with E-state index >= 15 is 0 Å².